The smallest absolute Gasteiger partial charge is 0.152 e. The molecule has 0 aliphatic carbocycles. The van der Waals surface area contributed by atoms with Crippen LogP contribution in [0.1, 0.15) is 5.76 Å². The van der Waals surface area contributed by atoms with Crippen LogP contribution < -0.4 is 0 Å². The van der Waals surface area contributed by atoms with Gasteiger partial charge in [-0.1, -0.05) is 0 Å². The quantitative estimate of drug-likeness (QED) is 0.636. The molecule has 0 spiro atoms. The highest BCUT2D eigenvalue weighted by Crippen LogP contribution is 2.17. The number of nitrogens with zero attached hydrogens (tertiary/aromatic N) is 2. The van der Waals surface area contributed by atoms with Crippen LogP contribution in [0.25, 0.3) is 11.0 Å². The summed E-state index contributed by atoms with van der Waals surface area (Å²) in [6, 6.07) is 5.75. The van der Waals surface area contributed by atoms with E-state index < -0.39 is 0 Å². The third-order valence-electron chi connectivity index (χ3n) is 1.63. The van der Waals surface area contributed by atoms with Gasteiger partial charge >= 0.3 is 0 Å². The van der Waals surface area contributed by atoms with Crippen molar-refractivity contribution in [2.24, 2.45) is 0 Å². The Morgan fingerprint density at radius 2 is 2.50 bits per heavy atom. The van der Waals surface area contributed by atoms with Gasteiger partial charge in [0.2, 0.25) is 0 Å². The fourth-order valence-electron chi connectivity index (χ4n) is 1.10. The van der Waals surface area contributed by atoms with Gasteiger partial charge in [0, 0.05) is 11.6 Å². The third kappa shape index (κ3) is 1.04. The minimum absolute atomic E-state index is 0.314. The maximum Gasteiger partial charge on any atom is 0.152 e. The highest BCUT2D eigenvalue weighted by molar-refractivity contribution is 5.76. The first kappa shape index (κ1) is 6.86. The van der Waals surface area contributed by atoms with Gasteiger partial charge in [-0.05, 0) is 12.1 Å². The van der Waals surface area contributed by atoms with Crippen LogP contribution in [0.4, 0.5) is 0 Å². The first-order valence-electron chi connectivity index (χ1n) is 3.59. The van der Waals surface area contributed by atoms with E-state index in [0.717, 1.165) is 11.0 Å². The van der Waals surface area contributed by atoms with Crippen LogP contribution in [-0.4, -0.2) is 4.98 Å². The summed E-state index contributed by atoms with van der Waals surface area (Å²) in [7, 11) is 0. The Morgan fingerprint density at radius 3 is 3.25 bits per heavy atom. The highest BCUT2D eigenvalue weighted by atomic mass is 16.3. The molecule has 58 valence electrons. The number of fused-ring (bicyclic) bond motifs is 1. The van der Waals surface area contributed by atoms with Gasteiger partial charge in [0.1, 0.15) is 5.76 Å². The monoisotopic (exact) mass is 158 g/mol. The molecule has 2 rings (SSSR count). The Labute approximate surface area is 69.2 Å². The van der Waals surface area contributed by atoms with Crippen molar-refractivity contribution in [1.29, 1.82) is 5.26 Å². The number of rotatable bonds is 1. The van der Waals surface area contributed by atoms with Crippen LogP contribution in [0.3, 0.4) is 0 Å². The van der Waals surface area contributed by atoms with E-state index in [1.807, 2.05) is 18.2 Å². The molecule has 0 atom stereocenters. The molecular formula is C9H6N2O. The van der Waals surface area contributed by atoms with Crippen molar-refractivity contribution in [1.82, 2.24) is 4.98 Å². The van der Waals surface area contributed by atoms with E-state index in [1.54, 1.807) is 12.4 Å². The zero-order chi connectivity index (χ0) is 8.39. The number of furan rings is 1. The topological polar surface area (TPSA) is 49.8 Å². The summed E-state index contributed by atoms with van der Waals surface area (Å²) in [5.41, 5.74) is 0.739. The first-order chi connectivity index (χ1) is 5.90. The van der Waals surface area contributed by atoms with Crippen LogP contribution in [0.5, 0.6) is 0 Å². The van der Waals surface area contributed by atoms with Crippen LogP contribution in [-0.2, 0) is 6.42 Å². The van der Waals surface area contributed by atoms with E-state index in [1.165, 1.54) is 0 Å². The van der Waals surface area contributed by atoms with Gasteiger partial charge in [0.15, 0.2) is 5.58 Å². The van der Waals surface area contributed by atoms with Crippen molar-refractivity contribution >= 4 is 11.0 Å². The molecule has 2 heterocycles. The Balaban J connectivity index is 2.56. The van der Waals surface area contributed by atoms with Gasteiger partial charge in [-0.2, -0.15) is 5.26 Å². The van der Waals surface area contributed by atoms with Gasteiger partial charge < -0.3 is 4.42 Å². The van der Waals surface area contributed by atoms with E-state index in [9.17, 15) is 0 Å². The maximum atomic E-state index is 8.42. The van der Waals surface area contributed by atoms with Gasteiger partial charge in [-0.15, -0.1) is 0 Å². The average molecular weight is 158 g/mol. The highest BCUT2D eigenvalue weighted by Gasteiger charge is 2.01. The number of hydrogen-bond acceptors (Lipinski definition) is 3. The largest absolute Gasteiger partial charge is 0.458 e. The summed E-state index contributed by atoms with van der Waals surface area (Å²) in [4.78, 5) is 3.91. The van der Waals surface area contributed by atoms with E-state index in [-0.39, 0.29) is 0 Å². The predicted octanol–water partition coefficient (Wildman–Crippen LogP) is 1.89. The van der Waals surface area contributed by atoms with Crippen molar-refractivity contribution in [3.05, 3.63) is 30.3 Å². The minimum atomic E-state index is 0.314. The molecule has 2 aromatic rings. The number of aromatic nitrogens is 1. The summed E-state index contributed by atoms with van der Waals surface area (Å²) in [6.45, 7) is 0. The van der Waals surface area contributed by atoms with Crippen molar-refractivity contribution in [3.8, 4) is 6.07 Å². The van der Waals surface area contributed by atoms with Gasteiger partial charge in [0.05, 0.1) is 18.7 Å². The number of nitriles is 1. The molecule has 12 heavy (non-hydrogen) atoms. The lowest BCUT2D eigenvalue weighted by Gasteiger charge is -1.82. The van der Waals surface area contributed by atoms with Crippen molar-refractivity contribution < 1.29 is 4.42 Å². The standard InChI is InChI=1S/C9H6N2O/c10-3-1-8-5-7-2-4-11-6-9(7)12-8/h2,4-6H,1H2. The zero-order valence-electron chi connectivity index (χ0n) is 6.32. The predicted molar refractivity (Wildman–Crippen MR) is 43.3 cm³/mol. The van der Waals surface area contributed by atoms with Crippen LogP contribution >= 0.6 is 0 Å². The second-order valence-electron chi connectivity index (χ2n) is 2.46. The molecule has 3 heteroatoms. The second-order valence-corrected chi connectivity index (χ2v) is 2.46. The number of hydrogen-bond donors (Lipinski definition) is 0. The van der Waals surface area contributed by atoms with E-state index in [4.69, 9.17) is 9.68 Å². The molecule has 0 amide bonds. The lowest BCUT2D eigenvalue weighted by Crippen LogP contribution is -1.71. The van der Waals surface area contributed by atoms with Crippen LogP contribution in [0.15, 0.2) is 28.9 Å². The molecule has 0 N–H and O–H groups in total. The summed E-state index contributed by atoms with van der Waals surface area (Å²) in [6.07, 6.45) is 3.67. The molecule has 2 aromatic heterocycles. The zero-order valence-corrected chi connectivity index (χ0v) is 6.32. The van der Waals surface area contributed by atoms with Crippen molar-refractivity contribution in [2.75, 3.05) is 0 Å². The summed E-state index contributed by atoms with van der Waals surface area (Å²) >= 11 is 0. The molecule has 0 aromatic carbocycles. The fraction of sp³-hybridized carbons (Fsp3) is 0.111. The Morgan fingerprint density at radius 1 is 1.58 bits per heavy atom. The molecule has 0 aliphatic rings. The fourth-order valence-corrected chi connectivity index (χ4v) is 1.10. The molecule has 0 saturated heterocycles. The average Bonchev–Trinajstić information content (AvgIpc) is 2.47. The second kappa shape index (κ2) is 2.67. The van der Waals surface area contributed by atoms with Crippen molar-refractivity contribution in [2.45, 2.75) is 6.42 Å². The number of pyridine rings is 1. The van der Waals surface area contributed by atoms with Crippen LogP contribution in [0, 0.1) is 11.3 Å². The maximum absolute atomic E-state index is 8.42. The lowest BCUT2D eigenvalue weighted by atomic mass is 10.3. The van der Waals surface area contributed by atoms with Crippen LogP contribution in [0.2, 0.25) is 0 Å². The molecule has 0 bridgehead atoms. The molecule has 0 saturated carbocycles. The summed E-state index contributed by atoms with van der Waals surface area (Å²) in [5, 5.41) is 9.41. The lowest BCUT2D eigenvalue weighted by molar-refractivity contribution is 0.566. The molecule has 3 nitrogen and oxygen atoms in total. The van der Waals surface area contributed by atoms with Gasteiger partial charge in [-0.3, -0.25) is 4.98 Å². The third-order valence-corrected chi connectivity index (χ3v) is 1.63. The first-order valence-corrected chi connectivity index (χ1v) is 3.59. The van der Waals surface area contributed by atoms with E-state index in [0.29, 0.717) is 12.2 Å². The Hall–Kier alpha value is -1.82. The minimum Gasteiger partial charge on any atom is -0.458 e. The Kier molecular flexibility index (Phi) is 1.52. The normalized spacial score (nSPS) is 9.92. The van der Waals surface area contributed by atoms with Gasteiger partial charge in [-0.25, -0.2) is 0 Å². The molecular weight excluding hydrogens is 152 g/mol. The molecule has 0 radical (unpaired) electrons. The van der Waals surface area contributed by atoms with E-state index >= 15 is 0 Å². The molecule has 0 fully saturated rings. The SMILES string of the molecule is N#CCc1cc2ccncc2o1. The molecule has 0 aliphatic heterocycles. The van der Waals surface area contributed by atoms with Gasteiger partial charge in [0.25, 0.3) is 0 Å². The summed E-state index contributed by atoms with van der Waals surface area (Å²) in [5.74, 6) is 0.695. The van der Waals surface area contributed by atoms with E-state index in [2.05, 4.69) is 4.98 Å². The van der Waals surface area contributed by atoms with Crippen molar-refractivity contribution in [3.63, 3.8) is 0 Å². The Bertz CT molecular complexity index is 406. The summed E-state index contributed by atoms with van der Waals surface area (Å²) < 4.78 is 5.32. The molecule has 0 unspecified atom stereocenters.